The Bertz CT molecular complexity index is 44.3. The summed E-state index contributed by atoms with van der Waals surface area (Å²) in [5, 5.41) is 3.22. The minimum atomic E-state index is 0.744. The third-order valence-corrected chi connectivity index (χ3v) is 1.51. The van der Waals surface area contributed by atoms with E-state index in [0.717, 1.165) is 37.7 Å². The Balaban J connectivity index is 2.60. The summed E-state index contributed by atoms with van der Waals surface area (Å²) in [6.45, 7) is 2.03. The highest BCUT2D eigenvalue weighted by molar-refractivity contribution is 6.18. The molecule has 3 heteroatoms. The molecule has 0 aromatic heterocycles. The summed E-state index contributed by atoms with van der Waals surface area (Å²) in [4.78, 5) is 0. The van der Waals surface area contributed by atoms with Crippen LogP contribution in [-0.4, -0.2) is 24.8 Å². The molecule has 0 atom stereocenters. The summed E-state index contributed by atoms with van der Waals surface area (Å²) in [7, 11) is 0. The lowest BCUT2D eigenvalue weighted by Gasteiger charge is -1.98. The van der Waals surface area contributed by atoms with E-state index in [4.69, 9.17) is 23.2 Å². The number of rotatable bonds is 6. The molecule has 0 saturated heterocycles. The van der Waals surface area contributed by atoms with E-state index >= 15 is 0 Å². The molecule has 0 heterocycles. The fourth-order valence-electron chi connectivity index (χ4n) is 0.509. The summed E-state index contributed by atoms with van der Waals surface area (Å²) in [5.41, 5.74) is 0. The smallest absolute Gasteiger partial charge is 0.0235 e. The Morgan fingerprint density at radius 3 is 1.67 bits per heavy atom. The molecular weight excluding hydrogens is 157 g/mol. The van der Waals surface area contributed by atoms with Crippen molar-refractivity contribution in [3.05, 3.63) is 0 Å². The quantitative estimate of drug-likeness (QED) is 0.473. The van der Waals surface area contributed by atoms with Gasteiger partial charge in [0.15, 0.2) is 0 Å². The summed E-state index contributed by atoms with van der Waals surface area (Å²) in [6, 6.07) is 0. The Morgan fingerprint density at radius 2 is 1.33 bits per heavy atom. The van der Waals surface area contributed by atoms with Gasteiger partial charge in [-0.25, -0.2) is 0 Å². The van der Waals surface area contributed by atoms with Gasteiger partial charge in [0.1, 0.15) is 0 Å². The highest BCUT2D eigenvalue weighted by Crippen LogP contribution is 1.83. The number of nitrogens with one attached hydrogen (secondary N) is 1. The van der Waals surface area contributed by atoms with Crippen LogP contribution in [0.5, 0.6) is 0 Å². The van der Waals surface area contributed by atoms with E-state index in [1.165, 1.54) is 0 Å². The fraction of sp³-hybridized carbons (Fsp3) is 1.00. The predicted molar refractivity (Wildman–Crippen MR) is 43.5 cm³/mol. The zero-order chi connectivity index (χ0) is 6.95. The van der Waals surface area contributed by atoms with Gasteiger partial charge in [0.25, 0.3) is 0 Å². The van der Waals surface area contributed by atoms with Crippen LogP contribution in [0.2, 0.25) is 0 Å². The van der Waals surface area contributed by atoms with Crippen LogP contribution in [-0.2, 0) is 0 Å². The highest BCUT2D eigenvalue weighted by Gasteiger charge is 1.84. The molecule has 0 aliphatic heterocycles. The molecule has 1 nitrogen and oxygen atoms in total. The zero-order valence-electron chi connectivity index (χ0n) is 5.50. The van der Waals surface area contributed by atoms with Gasteiger partial charge >= 0.3 is 0 Å². The van der Waals surface area contributed by atoms with Crippen molar-refractivity contribution in [2.75, 3.05) is 24.8 Å². The highest BCUT2D eigenvalue weighted by atomic mass is 35.5. The lowest BCUT2D eigenvalue weighted by atomic mass is 10.4. The van der Waals surface area contributed by atoms with Gasteiger partial charge in [0.2, 0.25) is 0 Å². The van der Waals surface area contributed by atoms with Gasteiger partial charge in [-0.3, -0.25) is 0 Å². The molecule has 0 fully saturated rings. The van der Waals surface area contributed by atoms with Crippen LogP contribution in [0.15, 0.2) is 0 Å². The van der Waals surface area contributed by atoms with Crippen molar-refractivity contribution in [2.24, 2.45) is 0 Å². The molecule has 1 N–H and O–H groups in total. The average Bonchev–Trinajstić information content (AvgIpc) is 1.89. The van der Waals surface area contributed by atoms with E-state index in [9.17, 15) is 0 Å². The maximum atomic E-state index is 5.45. The van der Waals surface area contributed by atoms with Crippen LogP contribution in [0, 0.1) is 0 Å². The second-order valence-electron chi connectivity index (χ2n) is 1.84. The number of halogens is 2. The molecule has 0 radical (unpaired) electrons. The Morgan fingerprint density at radius 1 is 0.889 bits per heavy atom. The Labute approximate surface area is 66.7 Å². The number of hydrogen-bond acceptors (Lipinski definition) is 1. The minimum Gasteiger partial charge on any atom is -0.317 e. The van der Waals surface area contributed by atoms with Crippen molar-refractivity contribution in [3.63, 3.8) is 0 Å². The van der Waals surface area contributed by atoms with Gasteiger partial charge in [-0.15, -0.1) is 23.2 Å². The predicted octanol–water partition coefficient (Wildman–Crippen LogP) is 1.83. The van der Waals surface area contributed by atoms with Gasteiger partial charge in [-0.05, 0) is 25.9 Å². The van der Waals surface area contributed by atoms with Crippen LogP contribution < -0.4 is 5.32 Å². The standard InChI is InChI=1S/C6H13Cl2N/c7-3-1-5-9-6-2-4-8/h9H,1-6H2. The summed E-state index contributed by atoms with van der Waals surface area (Å²) < 4.78 is 0. The number of alkyl halides is 2. The first-order valence-corrected chi connectivity index (χ1v) is 4.31. The molecular formula is C6H13Cl2N. The monoisotopic (exact) mass is 169 g/mol. The fourth-order valence-corrected chi connectivity index (χ4v) is 0.776. The van der Waals surface area contributed by atoms with Gasteiger partial charge in [0, 0.05) is 11.8 Å². The van der Waals surface area contributed by atoms with Crippen molar-refractivity contribution in [1.29, 1.82) is 0 Å². The van der Waals surface area contributed by atoms with E-state index in [1.807, 2.05) is 0 Å². The van der Waals surface area contributed by atoms with Crippen LogP contribution in [0.1, 0.15) is 12.8 Å². The third kappa shape index (κ3) is 8.54. The van der Waals surface area contributed by atoms with E-state index < -0.39 is 0 Å². The third-order valence-electron chi connectivity index (χ3n) is 0.974. The molecule has 0 spiro atoms. The first kappa shape index (κ1) is 9.54. The minimum absolute atomic E-state index is 0.744. The first-order chi connectivity index (χ1) is 4.41. The molecule has 0 unspecified atom stereocenters. The van der Waals surface area contributed by atoms with E-state index in [1.54, 1.807) is 0 Å². The van der Waals surface area contributed by atoms with Crippen molar-refractivity contribution < 1.29 is 0 Å². The molecule has 0 aromatic carbocycles. The van der Waals surface area contributed by atoms with Crippen LogP contribution >= 0.6 is 23.2 Å². The van der Waals surface area contributed by atoms with Crippen molar-refractivity contribution >= 4 is 23.2 Å². The summed E-state index contributed by atoms with van der Waals surface area (Å²) in [5.74, 6) is 1.49. The molecule has 56 valence electrons. The lowest BCUT2D eigenvalue weighted by Crippen LogP contribution is -2.17. The molecule has 0 aliphatic rings. The second-order valence-corrected chi connectivity index (χ2v) is 2.59. The zero-order valence-corrected chi connectivity index (χ0v) is 7.01. The molecule has 0 bridgehead atoms. The maximum absolute atomic E-state index is 5.45. The number of hydrogen-bond donors (Lipinski definition) is 1. The molecule has 9 heavy (non-hydrogen) atoms. The molecule has 0 amide bonds. The normalized spacial score (nSPS) is 10.0. The van der Waals surface area contributed by atoms with E-state index in [0.29, 0.717) is 0 Å². The van der Waals surface area contributed by atoms with Crippen molar-refractivity contribution in [1.82, 2.24) is 5.32 Å². The molecule has 0 aromatic rings. The second kappa shape index (κ2) is 8.54. The van der Waals surface area contributed by atoms with E-state index in [2.05, 4.69) is 5.32 Å². The van der Waals surface area contributed by atoms with Gasteiger partial charge in [-0.1, -0.05) is 0 Å². The molecule has 0 aliphatic carbocycles. The molecule has 0 rings (SSSR count). The van der Waals surface area contributed by atoms with Crippen molar-refractivity contribution in [2.45, 2.75) is 12.8 Å². The lowest BCUT2D eigenvalue weighted by molar-refractivity contribution is 0.665. The topological polar surface area (TPSA) is 12.0 Å². The summed E-state index contributed by atoms with van der Waals surface area (Å²) >= 11 is 10.9. The Hall–Kier alpha value is 0.540. The maximum Gasteiger partial charge on any atom is 0.0235 e. The largest absolute Gasteiger partial charge is 0.317 e. The molecule has 0 saturated carbocycles. The van der Waals surface area contributed by atoms with Crippen molar-refractivity contribution in [3.8, 4) is 0 Å². The van der Waals surface area contributed by atoms with Gasteiger partial charge in [-0.2, -0.15) is 0 Å². The van der Waals surface area contributed by atoms with Crippen LogP contribution in [0.4, 0.5) is 0 Å². The van der Waals surface area contributed by atoms with E-state index in [-0.39, 0.29) is 0 Å². The summed E-state index contributed by atoms with van der Waals surface area (Å²) in [6.07, 6.45) is 2.09. The van der Waals surface area contributed by atoms with Gasteiger partial charge < -0.3 is 5.32 Å². The van der Waals surface area contributed by atoms with Crippen LogP contribution in [0.3, 0.4) is 0 Å². The van der Waals surface area contributed by atoms with Crippen LogP contribution in [0.25, 0.3) is 0 Å². The SMILES string of the molecule is ClCCCNCCCCl. The van der Waals surface area contributed by atoms with Gasteiger partial charge in [0.05, 0.1) is 0 Å². The Kier molecular flexibility index (Phi) is 9.05. The average molecular weight is 170 g/mol. The first-order valence-electron chi connectivity index (χ1n) is 3.24.